The molecule has 0 radical (unpaired) electrons. The minimum Gasteiger partial charge on any atom is -0.502 e. The molecule has 7 rings (SSSR count). The molecule has 0 bridgehead atoms. The number of benzene rings is 1. The zero-order valence-corrected chi connectivity index (χ0v) is 30.3. The van der Waals surface area contributed by atoms with E-state index in [2.05, 4.69) is 76.5 Å². The van der Waals surface area contributed by atoms with Gasteiger partial charge in [0, 0.05) is 19.0 Å². The Balaban J connectivity index is 0.000000151. The maximum atomic E-state index is 10.5. The molecule has 1 atom stereocenters. The van der Waals surface area contributed by atoms with Gasteiger partial charge in [-0.05, 0) is 115 Å². The maximum absolute atomic E-state index is 10.5. The van der Waals surface area contributed by atoms with Gasteiger partial charge in [0.1, 0.15) is 19.5 Å². The van der Waals surface area contributed by atoms with Crippen LogP contribution in [0.5, 0.6) is 0 Å². The van der Waals surface area contributed by atoms with Gasteiger partial charge < -0.3 is 9.47 Å². The number of nitriles is 2. The third-order valence-corrected chi connectivity index (χ3v) is 9.18. The van der Waals surface area contributed by atoms with Crippen LogP contribution in [0.15, 0.2) is 66.0 Å². The number of H-pyrrole nitrogens is 1. The molecular formula is C31H30I2N8O5S. The highest BCUT2D eigenvalue weighted by molar-refractivity contribution is 14.1. The lowest BCUT2D eigenvalue weighted by Crippen LogP contribution is -2.19. The molecule has 1 saturated heterocycles. The van der Waals surface area contributed by atoms with E-state index in [-0.39, 0.29) is 11.1 Å². The Kier molecular flexibility index (Phi) is 13.4. The molecule has 2 aliphatic heterocycles. The average Bonchev–Trinajstić information content (AvgIpc) is 3.64. The quantitative estimate of drug-likeness (QED) is 0.144. The summed E-state index contributed by atoms with van der Waals surface area (Å²) in [5, 5.41) is 30.5. The highest BCUT2D eigenvalue weighted by atomic mass is 127. The highest BCUT2D eigenvalue weighted by Crippen LogP contribution is 2.28. The standard InChI is InChI=1S/C12H11IN4O.C7H3IN4.C7H8O3S.C5H8O/c13-11-9-5-8(6-14)7-15-12(9)17(16-11)10-3-1-2-4-18-10;8-6-5-1-4(2-9)3-10-7(5)12-11-6;1-6-2-4-7(5-3-6)11(8,9)10;1-2-4-6-5-3-1/h5,7,10H,1-4H2;1,3H,(H,10,11,12);2-5H,1H3,(H,8,9,10);2,4H,1,3,5H2. The Morgan fingerprint density at radius 1 is 1.00 bits per heavy atom. The average molecular weight is 881 g/mol. The van der Waals surface area contributed by atoms with Crippen LogP contribution in [0.2, 0.25) is 0 Å². The smallest absolute Gasteiger partial charge is 0.294 e. The van der Waals surface area contributed by atoms with Crippen molar-refractivity contribution in [2.45, 2.75) is 50.2 Å². The van der Waals surface area contributed by atoms with Gasteiger partial charge in [-0.2, -0.15) is 29.1 Å². The molecule has 13 nitrogen and oxygen atoms in total. The first kappa shape index (κ1) is 36.2. The molecule has 5 aromatic rings. The zero-order chi connectivity index (χ0) is 33.8. The molecule has 1 aromatic carbocycles. The van der Waals surface area contributed by atoms with Crippen molar-refractivity contribution in [2.75, 3.05) is 13.2 Å². The number of halogens is 2. The summed E-state index contributed by atoms with van der Waals surface area (Å²) >= 11 is 4.29. The monoisotopic (exact) mass is 880 g/mol. The molecule has 244 valence electrons. The van der Waals surface area contributed by atoms with Crippen LogP contribution in [0, 0.1) is 37.0 Å². The number of aryl methyl sites for hydroxylation is 1. The van der Waals surface area contributed by atoms with Crippen LogP contribution in [0.25, 0.3) is 22.1 Å². The Bertz CT molecular complexity index is 2020. The van der Waals surface area contributed by atoms with Gasteiger partial charge in [0.2, 0.25) is 0 Å². The Labute approximate surface area is 299 Å². The third kappa shape index (κ3) is 10.4. The maximum Gasteiger partial charge on any atom is 0.294 e. The van der Waals surface area contributed by atoms with Crippen molar-refractivity contribution in [1.82, 2.24) is 29.9 Å². The zero-order valence-electron chi connectivity index (χ0n) is 25.2. The van der Waals surface area contributed by atoms with Crippen molar-refractivity contribution in [3.63, 3.8) is 0 Å². The molecule has 4 aromatic heterocycles. The normalized spacial score (nSPS) is 15.4. The van der Waals surface area contributed by atoms with E-state index in [1.54, 1.807) is 30.7 Å². The topological polar surface area (TPSA) is 193 Å². The number of nitrogens with one attached hydrogen (secondary N) is 1. The van der Waals surface area contributed by atoms with E-state index in [0.717, 1.165) is 61.9 Å². The molecule has 0 aliphatic carbocycles. The Morgan fingerprint density at radius 2 is 1.70 bits per heavy atom. The van der Waals surface area contributed by atoms with Gasteiger partial charge in [-0.1, -0.05) is 17.7 Å². The van der Waals surface area contributed by atoms with Gasteiger partial charge in [-0.3, -0.25) is 9.65 Å². The summed E-state index contributed by atoms with van der Waals surface area (Å²) < 4.78 is 43.8. The second kappa shape index (κ2) is 17.5. The molecule has 0 spiro atoms. The van der Waals surface area contributed by atoms with Gasteiger partial charge in [-0.25, -0.2) is 14.6 Å². The summed E-state index contributed by atoms with van der Waals surface area (Å²) in [6, 6.07) is 13.7. The summed E-state index contributed by atoms with van der Waals surface area (Å²) in [6.45, 7) is 3.53. The van der Waals surface area contributed by atoms with Crippen molar-refractivity contribution in [3.05, 3.63) is 85.2 Å². The number of rotatable bonds is 2. The summed E-state index contributed by atoms with van der Waals surface area (Å²) in [7, 11) is -4.02. The highest BCUT2D eigenvalue weighted by Gasteiger charge is 2.21. The van der Waals surface area contributed by atoms with Crippen LogP contribution in [-0.4, -0.2) is 56.1 Å². The predicted octanol–water partition coefficient (Wildman–Crippen LogP) is 6.59. The van der Waals surface area contributed by atoms with Gasteiger partial charge in [0.15, 0.2) is 17.5 Å². The SMILES string of the molecule is C1=COCCC1.Cc1ccc(S(=O)(=O)O)cc1.N#Cc1cnc2c(c1)c(I)nn2C1CCCCO1.N#Cc1cnc2n[nH]c(I)c2c1. The van der Waals surface area contributed by atoms with E-state index < -0.39 is 10.1 Å². The molecule has 2 aliphatic rings. The fraction of sp³-hybridized carbons (Fsp3) is 0.290. The first-order valence-corrected chi connectivity index (χ1v) is 18.0. The van der Waals surface area contributed by atoms with Gasteiger partial charge in [0.05, 0.1) is 39.7 Å². The van der Waals surface area contributed by atoms with Crippen LogP contribution in [0.1, 0.15) is 55.0 Å². The molecule has 2 N–H and O–H groups in total. The second-order valence-electron chi connectivity index (χ2n) is 10.2. The van der Waals surface area contributed by atoms with Gasteiger partial charge in [-0.15, -0.1) is 0 Å². The van der Waals surface area contributed by atoms with Crippen LogP contribution in [0.3, 0.4) is 0 Å². The lowest BCUT2D eigenvalue weighted by Gasteiger charge is -2.22. The summed E-state index contributed by atoms with van der Waals surface area (Å²) in [5.41, 5.74) is 3.52. The van der Waals surface area contributed by atoms with E-state index in [4.69, 9.17) is 24.6 Å². The molecule has 1 unspecified atom stereocenters. The fourth-order valence-corrected chi connectivity index (χ4v) is 5.92. The van der Waals surface area contributed by atoms with Crippen molar-refractivity contribution < 1.29 is 22.4 Å². The number of nitrogens with zero attached hydrogens (tertiary/aromatic N) is 7. The molecule has 0 amide bonds. The van der Waals surface area contributed by atoms with Crippen molar-refractivity contribution >= 4 is 77.4 Å². The second-order valence-corrected chi connectivity index (χ2v) is 13.7. The number of ether oxygens (including phenoxy) is 2. The summed E-state index contributed by atoms with van der Waals surface area (Å²) in [5.74, 6) is 0. The number of allylic oxidation sites excluding steroid dienone is 1. The number of hydrogen-bond acceptors (Lipinski definition) is 10. The Hall–Kier alpha value is -3.69. The minimum absolute atomic E-state index is 0.0230. The van der Waals surface area contributed by atoms with E-state index in [1.165, 1.54) is 31.2 Å². The lowest BCUT2D eigenvalue weighted by atomic mass is 10.2. The van der Waals surface area contributed by atoms with Crippen LogP contribution < -0.4 is 0 Å². The molecular weight excluding hydrogens is 850 g/mol. The minimum atomic E-state index is -4.02. The number of aromatic amines is 1. The summed E-state index contributed by atoms with van der Waals surface area (Å²) in [6.07, 6.45) is 12.5. The van der Waals surface area contributed by atoms with Crippen LogP contribution >= 0.6 is 45.2 Å². The summed E-state index contributed by atoms with van der Waals surface area (Å²) in [4.78, 5) is 8.28. The molecule has 16 heteroatoms. The number of aromatic nitrogens is 6. The van der Waals surface area contributed by atoms with Gasteiger partial charge >= 0.3 is 0 Å². The molecule has 6 heterocycles. The van der Waals surface area contributed by atoms with E-state index in [0.29, 0.717) is 16.8 Å². The molecule has 1 fully saturated rings. The molecule has 0 saturated carbocycles. The van der Waals surface area contributed by atoms with E-state index in [9.17, 15) is 8.42 Å². The number of fused-ring (bicyclic) bond motifs is 2. The van der Waals surface area contributed by atoms with E-state index >= 15 is 0 Å². The number of pyridine rings is 2. The van der Waals surface area contributed by atoms with Crippen molar-refractivity contribution in [3.8, 4) is 12.1 Å². The van der Waals surface area contributed by atoms with E-state index in [1.807, 2.05) is 29.8 Å². The van der Waals surface area contributed by atoms with Crippen molar-refractivity contribution in [1.29, 1.82) is 10.5 Å². The van der Waals surface area contributed by atoms with Gasteiger partial charge in [0.25, 0.3) is 10.1 Å². The molecule has 47 heavy (non-hydrogen) atoms. The van der Waals surface area contributed by atoms with Crippen LogP contribution in [-0.2, 0) is 19.6 Å². The first-order valence-electron chi connectivity index (χ1n) is 14.4. The predicted molar refractivity (Wildman–Crippen MR) is 190 cm³/mol. The third-order valence-electron chi connectivity index (χ3n) is 6.70. The largest absolute Gasteiger partial charge is 0.502 e. The van der Waals surface area contributed by atoms with Crippen LogP contribution in [0.4, 0.5) is 0 Å². The Morgan fingerprint density at radius 3 is 2.26 bits per heavy atom. The first-order chi connectivity index (χ1) is 22.6. The number of hydrogen-bond donors (Lipinski definition) is 2. The fourth-order valence-electron chi connectivity index (χ4n) is 4.30. The van der Waals surface area contributed by atoms with Crippen molar-refractivity contribution in [2.24, 2.45) is 0 Å². The lowest BCUT2D eigenvalue weighted by molar-refractivity contribution is -0.0372.